The van der Waals surface area contributed by atoms with Gasteiger partial charge < -0.3 is 5.32 Å². The molecule has 23 heavy (non-hydrogen) atoms. The second-order valence-electron chi connectivity index (χ2n) is 6.04. The summed E-state index contributed by atoms with van der Waals surface area (Å²) >= 11 is 0. The minimum Gasteiger partial charge on any atom is -0.314 e. The molecular formula is C14H21N3O4S2. The molecule has 1 atom stereocenters. The Morgan fingerprint density at radius 2 is 1.87 bits per heavy atom. The van der Waals surface area contributed by atoms with Crippen molar-refractivity contribution in [2.24, 2.45) is 0 Å². The Labute approximate surface area is 137 Å². The predicted molar refractivity (Wildman–Crippen MR) is 86.0 cm³/mol. The van der Waals surface area contributed by atoms with Gasteiger partial charge in [-0.1, -0.05) is 6.07 Å². The standard InChI is InChI=1S/C14H21N3O4S2/c1-11-10-15-7-8-17(11)23(20,21)14-4-2-3-13(9-14)22(18,19)16-12-5-6-12/h2-4,9,11-12,15-16H,5-8,10H2,1H3. The average Bonchev–Trinajstić information content (AvgIpc) is 3.31. The second-order valence-corrected chi connectivity index (χ2v) is 9.64. The number of rotatable bonds is 5. The first kappa shape index (κ1) is 16.8. The molecule has 2 fully saturated rings. The number of sulfonamides is 2. The van der Waals surface area contributed by atoms with Crippen LogP contribution in [0.5, 0.6) is 0 Å². The van der Waals surface area contributed by atoms with Gasteiger partial charge in [0, 0.05) is 31.7 Å². The van der Waals surface area contributed by atoms with Gasteiger partial charge in [-0.25, -0.2) is 21.6 Å². The van der Waals surface area contributed by atoms with Gasteiger partial charge in [-0.3, -0.25) is 0 Å². The van der Waals surface area contributed by atoms with E-state index < -0.39 is 20.0 Å². The van der Waals surface area contributed by atoms with E-state index in [2.05, 4.69) is 10.0 Å². The fourth-order valence-corrected chi connectivity index (χ4v) is 5.71. The topological polar surface area (TPSA) is 95.6 Å². The monoisotopic (exact) mass is 359 g/mol. The number of hydrogen-bond donors (Lipinski definition) is 2. The smallest absolute Gasteiger partial charge is 0.243 e. The zero-order chi connectivity index (χ0) is 16.7. The summed E-state index contributed by atoms with van der Waals surface area (Å²) in [5.41, 5.74) is 0. The predicted octanol–water partition coefficient (Wildman–Crippen LogP) is 0.110. The lowest BCUT2D eigenvalue weighted by Gasteiger charge is -2.32. The zero-order valence-corrected chi connectivity index (χ0v) is 14.5. The normalized spacial score (nSPS) is 23.8. The van der Waals surface area contributed by atoms with Crippen molar-refractivity contribution >= 4 is 20.0 Å². The number of hydrogen-bond acceptors (Lipinski definition) is 5. The molecule has 7 nitrogen and oxygen atoms in total. The highest BCUT2D eigenvalue weighted by Gasteiger charge is 2.32. The van der Waals surface area contributed by atoms with E-state index in [1.165, 1.54) is 28.6 Å². The average molecular weight is 359 g/mol. The van der Waals surface area contributed by atoms with Crippen LogP contribution in [-0.4, -0.2) is 52.9 Å². The molecular weight excluding hydrogens is 338 g/mol. The van der Waals surface area contributed by atoms with E-state index in [9.17, 15) is 16.8 Å². The summed E-state index contributed by atoms with van der Waals surface area (Å²) in [4.78, 5) is 0.0122. The lowest BCUT2D eigenvalue weighted by atomic mass is 10.3. The molecule has 0 aromatic heterocycles. The summed E-state index contributed by atoms with van der Waals surface area (Å²) in [5.74, 6) is 0. The van der Waals surface area contributed by atoms with E-state index >= 15 is 0 Å². The Morgan fingerprint density at radius 1 is 1.17 bits per heavy atom. The maximum atomic E-state index is 12.8. The van der Waals surface area contributed by atoms with Crippen LogP contribution in [0, 0.1) is 0 Å². The van der Waals surface area contributed by atoms with Gasteiger partial charge in [-0.15, -0.1) is 0 Å². The highest BCUT2D eigenvalue weighted by molar-refractivity contribution is 7.90. The molecule has 3 rings (SSSR count). The van der Waals surface area contributed by atoms with Gasteiger partial charge in [-0.05, 0) is 38.0 Å². The number of nitrogens with one attached hydrogen (secondary N) is 2. The van der Waals surface area contributed by atoms with Gasteiger partial charge in [0.1, 0.15) is 0 Å². The largest absolute Gasteiger partial charge is 0.314 e. The minimum atomic E-state index is -3.71. The molecule has 1 heterocycles. The first-order chi connectivity index (χ1) is 10.8. The van der Waals surface area contributed by atoms with Gasteiger partial charge in [0.05, 0.1) is 9.79 Å². The molecule has 128 valence electrons. The fraction of sp³-hybridized carbons (Fsp3) is 0.571. The van der Waals surface area contributed by atoms with Crippen molar-refractivity contribution in [1.82, 2.24) is 14.3 Å². The van der Waals surface area contributed by atoms with Crippen LogP contribution in [-0.2, 0) is 20.0 Å². The summed E-state index contributed by atoms with van der Waals surface area (Å²) in [7, 11) is -7.38. The van der Waals surface area contributed by atoms with Gasteiger partial charge in [0.25, 0.3) is 0 Å². The van der Waals surface area contributed by atoms with E-state index in [1.54, 1.807) is 0 Å². The van der Waals surface area contributed by atoms with Crippen LogP contribution >= 0.6 is 0 Å². The number of piperazine rings is 1. The van der Waals surface area contributed by atoms with Crippen molar-refractivity contribution in [1.29, 1.82) is 0 Å². The molecule has 2 N–H and O–H groups in total. The van der Waals surface area contributed by atoms with Crippen LogP contribution in [0.2, 0.25) is 0 Å². The van der Waals surface area contributed by atoms with Crippen LogP contribution in [0.25, 0.3) is 0 Å². The van der Waals surface area contributed by atoms with E-state index in [0.29, 0.717) is 19.6 Å². The Bertz CT molecular complexity index is 788. The summed E-state index contributed by atoms with van der Waals surface area (Å²) in [6, 6.07) is 5.40. The van der Waals surface area contributed by atoms with E-state index in [0.717, 1.165) is 12.8 Å². The summed E-state index contributed by atoms with van der Waals surface area (Å²) < 4.78 is 54.1. The molecule has 1 aromatic rings. The first-order valence-corrected chi connectivity index (χ1v) is 10.6. The molecule has 1 saturated carbocycles. The highest BCUT2D eigenvalue weighted by Crippen LogP contribution is 2.25. The Hall–Kier alpha value is -1.00. The van der Waals surface area contributed by atoms with Gasteiger partial charge in [-0.2, -0.15) is 4.31 Å². The molecule has 0 bridgehead atoms. The Balaban J connectivity index is 1.92. The molecule has 0 radical (unpaired) electrons. The summed E-state index contributed by atoms with van der Waals surface area (Å²) in [5, 5.41) is 3.14. The zero-order valence-electron chi connectivity index (χ0n) is 12.9. The van der Waals surface area contributed by atoms with Crippen LogP contribution in [0.1, 0.15) is 19.8 Å². The van der Waals surface area contributed by atoms with E-state index in [-0.39, 0.29) is 21.9 Å². The highest BCUT2D eigenvalue weighted by atomic mass is 32.2. The molecule has 1 unspecified atom stereocenters. The molecule has 1 aliphatic carbocycles. The van der Waals surface area contributed by atoms with Gasteiger partial charge in [0.15, 0.2) is 0 Å². The molecule has 0 amide bonds. The van der Waals surface area contributed by atoms with Crippen molar-refractivity contribution < 1.29 is 16.8 Å². The maximum absolute atomic E-state index is 12.8. The summed E-state index contributed by atoms with van der Waals surface area (Å²) in [6.45, 7) is 3.38. The SMILES string of the molecule is CC1CNCCN1S(=O)(=O)c1cccc(S(=O)(=O)NC2CC2)c1. The third kappa shape index (κ3) is 3.58. The number of benzene rings is 1. The number of nitrogens with zero attached hydrogens (tertiary/aromatic N) is 1. The molecule has 1 aromatic carbocycles. The van der Waals surface area contributed by atoms with Gasteiger partial charge >= 0.3 is 0 Å². The quantitative estimate of drug-likeness (QED) is 0.778. The van der Waals surface area contributed by atoms with Crippen molar-refractivity contribution in [3.63, 3.8) is 0 Å². The van der Waals surface area contributed by atoms with Crippen LogP contribution in [0.4, 0.5) is 0 Å². The van der Waals surface area contributed by atoms with Crippen molar-refractivity contribution in [3.8, 4) is 0 Å². The molecule has 9 heteroatoms. The van der Waals surface area contributed by atoms with Crippen molar-refractivity contribution in [2.75, 3.05) is 19.6 Å². The fourth-order valence-electron chi connectivity index (χ4n) is 2.61. The van der Waals surface area contributed by atoms with Crippen LogP contribution in [0.3, 0.4) is 0 Å². The molecule has 0 spiro atoms. The first-order valence-electron chi connectivity index (χ1n) is 7.66. The Morgan fingerprint density at radius 3 is 2.52 bits per heavy atom. The van der Waals surface area contributed by atoms with Crippen LogP contribution in [0.15, 0.2) is 34.1 Å². The third-order valence-corrected chi connectivity index (χ3v) is 7.59. The lowest BCUT2D eigenvalue weighted by Crippen LogP contribution is -2.52. The van der Waals surface area contributed by atoms with Crippen molar-refractivity contribution in [2.45, 2.75) is 41.6 Å². The maximum Gasteiger partial charge on any atom is 0.243 e. The van der Waals surface area contributed by atoms with E-state index in [4.69, 9.17) is 0 Å². The molecule has 2 aliphatic rings. The Kier molecular flexibility index (Phi) is 4.49. The minimum absolute atomic E-state index is 0.00624. The van der Waals surface area contributed by atoms with Crippen molar-refractivity contribution in [3.05, 3.63) is 24.3 Å². The molecule has 1 aliphatic heterocycles. The summed E-state index contributed by atoms with van der Waals surface area (Å²) in [6.07, 6.45) is 1.66. The van der Waals surface area contributed by atoms with Gasteiger partial charge in [0.2, 0.25) is 20.0 Å². The third-order valence-electron chi connectivity index (χ3n) is 4.06. The van der Waals surface area contributed by atoms with E-state index in [1.807, 2.05) is 6.92 Å². The lowest BCUT2D eigenvalue weighted by molar-refractivity contribution is 0.284. The molecule has 1 saturated heterocycles. The van der Waals surface area contributed by atoms with Crippen LogP contribution < -0.4 is 10.0 Å². The second kappa shape index (κ2) is 6.14.